The fourth-order valence-corrected chi connectivity index (χ4v) is 1.99. The molecule has 0 atom stereocenters. The quantitative estimate of drug-likeness (QED) is 0.329. The molecule has 0 N–H and O–H groups in total. The Morgan fingerprint density at radius 3 is 2.00 bits per heavy atom. The molecule has 0 spiro atoms. The molecule has 0 heteroatoms. The van der Waals surface area contributed by atoms with Crippen LogP contribution >= 0.6 is 0 Å². The molecule has 0 aliphatic rings. The molecule has 0 aromatic carbocycles. The molecule has 16 heavy (non-hydrogen) atoms. The van der Waals surface area contributed by atoms with Crippen LogP contribution in [0.25, 0.3) is 0 Å². The van der Waals surface area contributed by atoms with Gasteiger partial charge in [-0.05, 0) is 43.3 Å². The lowest BCUT2D eigenvalue weighted by atomic mass is 9.96. The molecule has 0 aliphatic heterocycles. The number of rotatable bonds is 9. The van der Waals surface area contributed by atoms with Gasteiger partial charge in [-0.3, -0.25) is 0 Å². The second-order valence-corrected chi connectivity index (χ2v) is 4.47. The molecular formula is C16H30. The van der Waals surface area contributed by atoms with Gasteiger partial charge in [0.2, 0.25) is 0 Å². The van der Waals surface area contributed by atoms with E-state index in [0.717, 1.165) is 0 Å². The van der Waals surface area contributed by atoms with E-state index < -0.39 is 0 Å². The van der Waals surface area contributed by atoms with Crippen LogP contribution in [-0.4, -0.2) is 0 Å². The van der Waals surface area contributed by atoms with Crippen LogP contribution in [-0.2, 0) is 0 Å². The first-order valence-electron chi connectivity index (χ1n) is 7.18. The van der Waals surface area contributed by atoms with Crippen LogP contribution in [0.3, 0.4) is 0 Å². The lowest BCUT2D eigenvalue weighted by Gasteiger charge is -2.10. The van der Waals surface area contributed by atoms with Crippen LogP contribution in [0.4, 0.5) is 0 Å². The maximum atomic E-state index is 2.49. The molecule has 0 nitrogen and oxygen atoms in total. The fourth-order valence-electron chi connectivity index (χ4n) is 1.99. The van der Waals surface area contributed by atoms with Crippen molar-refractivity contribution in [1.29, 1.82) is 0 Å². The van der Waals surface area contributed by atoms with Crippen molar-refractivity contribution in [3.63, 3.8) is 0 Å². The Kier molecular flexibility index (Phi) is 10.6. The summed E-state index contributed by atoms with van der Waals surface area (Å²) in [6.45, 7) is 9.06. The number of hydrogen-bond donors (Lipinski definition) is 0. The normalized spacial score (nSPS) is 13.2. The molecule has 0 aliphatic carbocycles. The third kappa shape index (κ3) is 6.87. The zero-order valence-corrected chi connectivity index (χ0v) is 11.8. The van der Waals surface area contributed by atoms with Crippen molar-refractivity contribution >= 4 is 0 Å². The summed E-state index contributed by atoms with van der Waals surface area (Å²) in [6.07, 6.45) is 15.1. The largest absolute Gasteiger partial charge is 0.0813 e. The molecule has 0 aromatic rings. The summed E-state index contributed by atoms with van der Waals surface area (Å²) >= 11 is 0. The van der Waals surface area contributed by atoms with E-state index in [4.69, 9.17) is 0 Å². The molecule has 0 fully saturated rings. The highest BCUT2D eigenvalue weighted by Crippen LogP contribution is 2.22. The van der Waals surface area contributed by atoms with E-state index >= 15 is 0 Å². The van der Waals surface area contributed by atoms with Gasteiger partial charge < -0.3 is 0 Å². The highest BCUT2D eigenvalue weighted by molar-refractivity contribution is 5.30. The highest BCUT2D eigenvalue weighted by atomic mass is 14.1. The Bertz CT molecular complexity index is 208. The number of unbranched alkanes of at least 4 members (excludes halogenated alkanes) is 3. The van der Waals surface area contributed by atoms with E-state index in [-0.39, 0.29) is 0 Å². The van der Waals surface area contributed by atoms with Gasteiger partial charge >= 0.3 is 0 Å². The SMILES string of the molecule is CC/C=C(CC)\C(=C/CCCC)CCCC. The molecule has 0 bridgehead atoms. The summed E-state index contributed by atoms with van der Waals surface area (Å²) in [5.74, 6) is 0. The predicted molar refractivity (Wildman–Crippen MR) is 75.8 cm³/mol. The maximum absolute atomic E-state index is 2.49. The van der Waals surface area contributed by atoms with Crippen LogP contribution < -0.4 is 0 Å². The number of hydrogen-bond acceptors (Lipinski definition) is 0. The first-order valence-corrected chi connectivity index (χ1v) is 7.18. The third-order valence-corrected chi connectivity index (χ3v) is 2.99. The van der Waals surface area contributed by atoms with Gasteiger partial charge in [-0.2, -0.15) is 0 Å². The third-order valence-electron chi connectivity index (χ3n) is 2.99. The van der Waals surface area contributed by atoms with Crippen LogP contribution in [0.1, 0.15) is 79.1 Å². The van der Waals surface area contributed by atoms with Gasteiger partial charge in [-0.25, -0.2) is 0 Å². The van der Waals surface area contributed by atoms with Gasteiger partial charge in [0.25, 0.3) is 0 Å². The average molecular weight is 222 g/mol. The zero-order valence-electron chi connectivity index (χ0n) is 11.8. The minimum absolute atomic E-state index is 1.17. The van der Waals surface area contributed by atoms with Gasteiger partial charge in [-0.1, -0.05) is 59.1 Å². The van der Waals surface area contributed by atoms with Crippen LogP contribution in [0.2, 0.25) is 0 Å². The van der Waals surface area contributed by atoms with E-state index in [1.807, 2.05) is 0 Å². The first kappa shape index (κ1) is 15.5. The average Bonchev–Trinajstić information content (AvgIpc) is 2.31. The highest BCUT2D eigenvalue weighted by Gasteiger charge is 2.02. The van der Waals surface area contributed by atoms with Gasteiger partial charge in [0.15, 0.2) is 0 Å². The van der Waals surface area contributed by atoms with Crippen LogP contribution in [0, 0.1) is 0 Å². The molecule has 0 unspecified atom stereocenters. The van der Waals surface area contributed by atoms with E-state index in [2.05, 4.69) is 39.8 Å². The monoisotopic (exact) mass is 222 g/mol. The van der Waals surface area contributed by atoms with Crippen LogP contribution in [0.5, 0.6) is 0 Å². The van der Waals surface area contributed by atoms with Crippen molar-refractivity contribution in [2.45, 2.75) is 79.1 Å². The smallest absolute Gasteiger partial charge is 0.0280 e. The maximum Gasteiger partial charge on any atom is -0.0280 e. The fraction of sp³-hybridized carbons (Fsp3) is 0.750. The summed E-state index contributed by atoms with van der Waals surface area (Å²) < 4.78 is 0. The second-order valence-electron chi connectivity index (χ2n) is 4.47. The van der Waals surface area contributed by atoms with E-state index in [1.165, 1.54) is 51.4 Å². The summed E-state index contributed by atoms with van der Waals surface area (Å²) in [7, 11) is 0. The Balaban J connectivity index is 4.49. The zero-order chi connectivity index (χ0) is 12.2. The first-order chi connectivity index (χ1) is 7.79. The Morgan fingerprint density at radius 2 is 1.50 bits per heavy atom. The second kappa shape index (κ2) is 11.0. The van der Waals surface area contributed by atoms with Crippen molar-refractivity contribution in [3.05, 3.63) is 23.3 Å². The standard InChI is InChI=1S/C16H30/c1-5-9-11-14-16(13-10-6-2)15(8-4)12-7-3/h12,14H,5-11,13H2,1-4H3/b15-12-,16-14-. The summed E-state index contributed by atoms with van der Waals surface area (Å²) in [5, 5.41) is 0. The van der Waals surface area contributed by atoms with Gasteiger partial charge in [-0.15, -0.1) is 0 Å². The molecule has 0 saturated heterocycles. The Labute approximate surface area is 103 Å². The molecule has 0 heterocycles. The topological polar surface area (TPSA) is 0 Å². The predicted octanol–water partition coefficient (Wildman–Crippen LogP) is 6.04. The lowest BCUT2D eigenvalue weighted by Crippen LogP contribution is -1.90. The van der Waals surface area contributed by atoms with Gasteiger partial charge in [0, 0.05) is 0 Å². The number of allylic oxidation sites excluding steroid dienone is 4. The van der Waals surface area contributed by atoms with Crippen molar-refractivity contribution in [1.82, 2.24) is 0 Å². The van der Waals surface area contributed by atoms with E-state index in [1.54, 1.807) is 11.1 Å². The molecule has 0 aromatic heterocycles. The minimum Gasteiger partial charge on any atom is -0.0813 e. The molecule has 0 saturated carbocycles. The Morgan fingerprint density at radius 1 is 0.812 bits per heavy atom. The lowest BCUT2D eigenvalue weighted by molar-refractivity contribution is 0.766. The summed E-state index contributed by atoms with van der Waals surface area (Å²) in [4.78, 5) is 0. The summed E-state index contributed by atoms with van der Waals surface area (Å²) in [6, 6.07) is 0. The van der Waals surface area contributed by atoms with Gasteiger partial charge in [0.1, 0.15) is 0 Å². The van der Waals surface area contributed by atoms with Gasteiger partial charge in [0.05, 0.1) is 0 Å². The summed E-state index contributed by atoms with van der Waals surface area (Å²) in [5.41, 5.74) is 3.21. The molecule has 94 valence electrons. The van der Waals surface area contributed by atoms with Crippen LogP contribution in [0.15, 0.2) is 23.3 Å². The molecular weight excluding hydrogens is 192 g/mol. The molecule has 0 rings (SSSR count). The van der Waals surface area contributed by atoms with Crippen molar-refractivity contribution in [2.24, 2.45) is 0 Å². The van der Waals surface area contributed by atoms with E-state index in [0.29, 0.717) is 0 Å². The van der Waals surface area contributed by atoms with Crippen molar-refractivity contribution < 1.29 is 0 Å². The molecule has 0 amide bonds. The van der Waals surface area contributed by atoms with Crippen molar-refractivity contribution in [2.75, 3.05) is 0 Å². The minimum atomic E-state index is 1.17. The Hall–Kier alpha value is -0.520. The van der Waals surface area contributed by atoms with E-state index in [9.17, 15) is 0 Å². The van der Waals surface area contributed by atoms with Crippen molar-refractivity contribution in [3.8, 4) is 0 Å². The molecule has 0 radical (unpaired) electrons.